The van der Waals surface area contributed by atoms with Crippen LogP contribution in [0, 0.1) is 12.7 Å². The summed E-state index contributed by atoms with van der Waals surface area (Å²) in [6.07, 6.45) is 3.62. The molecule has 3 rings (SSSR count). The van der Waals surface area contributed by atoms with Crippen molar-refractivity contribution in [2.24, 2.45) is 0 Å². The van der Waals surface area contributed by atoms with Crippen LogP contribution in [-0.4, -0.2) is 36.0 Å². The Morgan fingerprint density at radius 2 is 2.16 bits per heavy atom. The molecule has 1 aliphatic heterocycles. The van der Waals surface area contributed by atoms with Crippen molar-refractivity contribution in [2.45, 2.75) is 38.3 Å². The lowest BCUT2D eigenvalue weighted by molar-refractivity contribution is 0.0937. The van der Waals surface area contributed by atoms with Crippen LogP contribution in [0.3, 0.4) is 0 Å². The molecule has 0 spiro atoms. The van der Waals surface area contributed by atoms with Crippen molar-refractivity contribution in [3.05, 3.63) is 35.1 Å². The molecule has 1 aliphatic carbocycles. The number of halogens is 1. The van der Waals surface area contributed by atoms with Crippen LogP contribution in [0.5, 0.6) is 0 Å². The average molecular weight is 262 g/mol. The van der Waals surface area contributed by atoms with E-state index in [9.17, 15) is 9.18 Å². The standard InChI is InChI=1S/C15H19FN2O/c1-10-8-11(16)2-5-14(10)15(19)17-12-6-7-18(9-12)13-3-4-13/h2,5,8,12-13H,3-4,6-7,9H2,1H3,(H,17,19). The fourth-order valence-electron chi connectivity index (χ4n) is 2.82. The fourth-order valence-corrected chi connectivity index (χ4v) is 2.82. The van der Waals surface area contributed by atoms with Crippen LogP contribution in [0.4, 0.5) is 4.39 Å². The Morgan fingerprint density at radius 1 is 1.37 bits per heavy atom. The molecule has 1 atom stereocenters. The van der Waals surface area contributed by atoms with Crippen LogP contribution in [-0.2, 0) is 0 Å². The van der Waals surface area contributed by atoms with Crippen LogP contribution in [0.1, 0.15) is 35.2 Å². The van der Waals surface area contributed by atoms with Crippen molar-refractivity contribution in [1.29, 1.82) is 0 Å². The Bertz CT molecular complexity index is 499. The summed E-state index contributed by atoms with van der Waals surface area (Å²) in [6, 6.07) is 5.30. The summed E-state index contributed by atoms with van der Waals surface area (Å²) in [7, 11) is 0. The quantitative estimate of drug-likeness (QED) is 0.904. The highest BCUT2D eigenvalue weighted by atomic mass is 19.1. The fraction of sp³-hybridized carbons (Fsp3) is 0.533. The van der Waals surface area contributed by atoms with Gasteiger partial charge in [-0.1, -0.05) is 0 Å². The van der Waals surface area contributed by atoms with E-state index in [1.165, 1.54) is 25.0 Å². The van der Waals surface area contributed by atoms with E-state index in [0.717, 1.165) is 25.6 Å². The molecule has 1 unspecified atom stereocenters. The first-order chi connectivity index (χ1) is 9.13. The van der Waals surface area contributed by atoms with E-state index in [2.05, 4.69) is 10.2 Å². The Balaban J connectivity index is 1.61. The van der Waals surface area contributed by atoms with Crippen molar-refractivity contribution in [3.8, 4) is 0 Å². The first-order valence-electron chi connectivity index (χ1n) is 6.94. The van der Waals surface area contributed by atoms with Crippen LogP contribution < -0.4 is 5.32 Å². The number of likely N-dealkylation sites (tertiary alicyclic amines) is 1. The SMILES string of the molecule is Cc1cc(F)ccc1C(=O)NC1CCN(C2CC2)C1. The van der Waals surface area contributed by atoms with E-state index in [-0.39, 0.29) is 17.8 Å². The van der Waals surface area contributed by atoms with E-state index >= 15 is 0 Å². The molecule has 1 heterocycles. The molecule has 1 N–H and O–H groups in total. The van der Waals surface area contributed by atoms with Gasteiger partial charge in [0.05, 0.1) is 0 Å². The maximum absolute atomic E-state index is 13.0. The predicted octanol–water partition coefficient (Wildman–Crippen LogP) is 2.10. The summed E-state index contributed by atoms with van der Waals surface area (Å²) in [5.74, 6) is -0.380. The molecule has 3 nitrogen and oxygen atoms in total. The second-order valence-electron chi connectivity index (χ2n) is 5.64. The number of benzene rings is 1. The highest BCUT2D eigenvalue weighted by Gasteiger charge is 2.34. The third-order valence-electron chi connectivity index (χ3n) is 4.05. The van der Waals surface area contributed by atoms with Crippen LogP contribution in [0.2, 0.25) is 0 Å². The largest absolute Gasteiger partial charge is 0.348 e. The van der Waals surface area contributed by atoms with Gasteiger partial charge in [-0.2, -0.15) is 0 Å². The molecule has 2 aliphatic rings. The van der Waals surface area contributed by atoms with Gasteiger partial charge in [-0.25, -0.2) is 4.39 Å². The number of amides is 1. The number of nitrogens with one attached hydrogen (secondary N) is 1. The van der Waals surface area contributed by atoms with Crippen LogP contribution in [0.15, 0.2) is 18.2 Å². The maximum Gasteiger partial charge on any atom is 0.251 e. The molecule has 0 radical (unpaired) electrons. The number of nitrogens with zero attached hydrogens (tertiary/aromatic N) is 1. The lowest BCUT2D eigenvalue weighted by Gasteiger charge is -2.16. The first kappa shape index (κ1) is 12.6. The number of rotatable bonds is 3. The second kappa shape index (κ2) is 4.93. The minimum Gasteiger partial charge on any atom is -0.348 e. The molecule has 1 saturated heterocycles. The maximum atomic E-state index is 13.0. The van der Waals surface area contributed by atoms with Gasteiger partial charge >= 0.3 is 0 Å². The summed E-state index contributed by atoms with van der Waals surface area (Å²) in [4.78, 5) is 14.6. The van der Waals surface area contributed by atoms with Crippen molar-refractivity contribution >= 4 is 5.91 Å². The molecule has 2 fully saturated rings. The first-order valence-corrected chi connectivity index (χ1v) is 6.94. The summed E-state index contributed by atoms with van der Waals surface area (Å²) in [6.45, 7) is 3.80. The van der Waals surface area contributed by atoms with E-state index in [0.29, 0.717) is 11.1 Å². The van der Waals surface area contributed by atoms with Gasteiger partial charge in [0.2, 0.25) is 0 Å². The van der Waals surface area contributed by atoms with Gasteiger partial charge in [0, 0.05) is 30.7 Å². The molecular weight excluding hydrogens is 243 g/mol. The van der Waals surface area contributed by atoms with Crippen molar-refractivity contribution in [3.63, 3.8) is 0 Å². The Labute approximate surface area is 112 Å². The molecule has 1 amide bonds. The third-order valence-corrected chi connectivity index (χ3v) is 4.05. The van der Waals surface area contributed by atoms with Gasteiger partial charge in [0.15, 0.2) is 0 Å². The molecule has 1 saturated carbocycles. The molecule has 4 heteroatoms. The molecule has 19 heavy (non-hydrogen) atoms. The summed E-state index contributed by atoms with van der Waals surface area (Å²) in [5.41, 5.74) is 1.26. The Morgan fingerprint density at radius 3 is 2.84 bits per heavy atom. The zero-order valence-electron chi connectivity index (χ0n) is 11.2. The van der Waals surface area contributed by atoms with E-state index in [4.69, 9.17) is 0 Å². The minimum absolute atomic E-state index is 0.0832. The zero-order valence-corrected chi connectivity index (χ0v) is 11.2. The summed E-state index contributed by atoms with van der Waals surface area (Å²) in [5, 5.41) is 3.07. The highest BCUT2D eigenvalue weighted by molar-refractivity contribution is 5.95. The number of aryl methyl sites for hydroxylation is 1. The third kappa shape index (κ3) is 2.78. The number of hydrogen-bond acceptors (Lipinski definition) is 2. The van der Waals surface area contributed by atoms with Gasteiger partial charge in [0.25, 0.3) is 5.91 Å². The van der Waals surface area contributed by atoms with Crippen LogP contribution >= 0.6 is 0 Å². The molecule has 0 bridgehead atoms. The molecule has 102 valence electrons. The van der Waals surface area contributed by atoms with Crippen molar-refractivity contribution < 1.29 is 9.18 Å². The van der Waals surface area contributed by atoms with Gasteiger partial charge in [-0.3, -0.25) is 9.69 Å². The molecule has 0 aromatic heterocycles. The summed E-state index contributed by atoms with van der Waals surface area (Å²) >= 11 is 0. The molecular formula is C15H19FN2O. The minimum atomic E-state index is -0.296. The topological polar surface area (TPSA) is 32.3 Å². The summed E-state index contributed by atoms with van der Waals surface area (Å²) < 4.78 is 13.0. The lowest BCUT2D eigenvalue weighted by Crippen LogP contribution is -2.37. The van der Waals surface area contributed by atoms with Gasteiger partial charge in [0.1, 0.15) is 5.82 Å². The normalized spacial score (nSPS) is 23.6. The Hall–Kier alpha value is -1.42. The zero-order chi connectivity index (χ0) is 13.4. The molecule has 1 aromatic carbocycles. The van der Waals surface area contributed by atoms with E-state index in [1.54, 1.807) is 13.0 Å². The monoisotopic (exact) mass is 262 g/mol. The van der Waals surface area contributed by atoms with Crippen LogP contribution in [0.25, 0.3) is 0 Å². The van der Waals surface area contributed by atoms with Crippen molar-refractivity contribution in [1.82, 2.24) is 10.2 Å². The second-order valence-corrected chi connectivity index (χ2v) is 5.64. The van der Waals surface area contributed by atoms with Gasteiger partial charge in [-0.05, 0) is 49.9 Å². The Kier molecular flexibility index (Phi) is 3.27. The highest BCUT2D eigenvalue weighted by Crippen LogP contribution is 2.29. The number of hydrogen-bond donors (Lipinski definition) is 1. The lowest BCUT2D eigenvalue weighted by atomic mass is 10.1. The molecule has 1 aromatic rings. The van der Waals surface area contributed by atoms with Gasteiger partial charge < -0.3 is 5.32 Å². The predicted molar refractivity (Wildman–Crippen MR) is 71.6 cm³/mol. The van der Waals surface area contributed by atoms with Gasteiger partial charge in [-0.15, -0.1) is 0 Å². The smallest absolute Gasteiger partial charge is 0.251 e. The average Bonchev–Trinajstić information content (AvgIpc) is 3.10. The number of carbonyl (C=O) groups excluding carboxylic acids is 1. The van der Waals surface area contributed by atoms with E-state index in [1.807, 2.05) is 0 Å². The van der Waals surface area contributed by atoms with Crippen molar-refractivity contribution in [2.75, 3.05) is 13.1 Å². The number of carbonyl (C=O) groups is 1. The van der Waals surface area contributed by atoms with E-state index < -0.39 is 0 Å².